The third kappa shape index (κ3) is 3.91. The number of likely N-dealkylation sites (N-methyl/N-ethyl adjacent to an activating group) is 1. The number of hydrogen-bond donors (Lipinski definition) is 1. The van der Waals surface area contributed by atoms with Gasteiger partial charge in [-0.3, -0.25) is 9.88 Å². The van der Waals surface area contributed by atoms with Crippen molar-refractivity contribution in [1.82, 2.24) is 9.88 Å². The van der Waals surface area contributed by atoms with E-state index in [1.165, 1.54) is 0 Å². The van der Waals surface area contributed by atoms with Gasteiger partial charge in [0, 0.05) is 19.3 Å². The molecule has 1 aromatic heterocycles. The van der Waals surface area contributed by atoms with Crippen LogP contribution in [0.15, 0.2) is 24.4 Å². The van der Waals surface area contributed by atoms with E-state index < -0.39 is 0 Å². The highest BCUT2D eigenvalue weighted by Crippen LogP contribution is 2.21. The first-order valence-electron chi connectivity index (χ1n) is 5.75. The molecule has 0 aliphatic rings. The van der Waals surface area contributed by atoms with Crippen molar-refractivity contribution in [1.29, 1.82) is 0 Å². The Hall–Kier alpha value is -0.930. The second kappa shape index (κ2) is 5.41. The van der Waals surface area contributed by atoms with Crippen LogP contribution in [-0.2, 0) is 0 Å². The van der Waals surface area contributed by atoms with E-state index >= 15 is 0 Å². The lowest BCUT2D eigenvalue weighted by atomic mass is 9.95. The van der Waals surface area contributed by atoms with Crippen LogP contribution in [0, 0.1) is 5.41 Å². The molecular weight excluding hydrogens is 198 g/mol. The summed E-state index contributed by atoms with van der Waals surface area (Å²) in [6.07, 6.45) is 1.82. The molecule has 16 heavy (non-hydrogen) atoms. The van der Waals surface area contributed by atoms with Gasteiger partial charge in [-0.1, -0.05) is 26.8 Å². The number of nitrogens with two attached hydrogens (primary N) is 1. The SMILES string of the molecule is CN(CC(C)(C)C)C(CN)c1ccccn1. The Morgan fingerprint density at radius 1 is 1.38 bits per heavy atom. The first-order valence-corrected chi connectivity index (χ1v) is 5.75. The Balaban J connectivity index is 2.75. The first-order chi connectivity index (χ1) is 7.44. The summed E-state index contributed by atoms with van der Waals surface area (Å²) in [4.78, 5) is 6.66. The number of hydrogen-bond acceptors (Lipinski definition) is 3. The summed E-state index contributed by atoms with van der Waals surface area (Å²) < 4.78 is 0. The highest BCUT2D eigenvalue weighted by atomic mass is 15.2. The largest absolute Gasteiger partial charge is 0.329 e. The molecule has 1 atom stereocenters. The van der Waals surface area contributed by atoms with Gasteiger partial charge >= 0.3 is 0 Å². The van der Waals surface area contributed by atoms with E-state index in [2.05, 4.69) is 37.7 Å². The molecule has 1 heterocycles. The fraction of sp³-hybridized carbons (Fsp3) is 0.615. The summed E-state index contributed by atoms with van der Waals surface area (Å²) in [6.45, 7) is 8.30. The van der Waals surface area contributed by atoms with Crippen molar-refractivity contribution in [2.24, 2.45) is 11.1 Å². The summed E-state index contributed by atoms with van der Waals surface area (Å²) in [5, 5.41) is 0. The second-order valence-corrected chi connectivity index (χ2v) is 5.48. The highest BCUT2D eigenvalue weighted by molar-refractivity contribution is 5.09. The summed E-state index contributed by atoms with van der Waals surface area (Å²) >= 11 is 0. The molecule has 1 aromatic rings. The smallest absolute Gasteiger partial charge is 0.0642 e. The van der Waals surface area contributed by atoms with Crippen LogP contribution in [-0.4, -0.2) is 30.0 Å². The number of nitrogens with zero attached hydrogens (tertiary/aromatic N) is 2. The molecular formula is C13H23N3. The maximum absolute atomic E-state index is 5.84. The molecule has 90 valence electrons. The van der Waals surface area contributed by atoms with Gasteiger partial charge in [-0.05, 0) is 24.6 Å². The van der Waals surface area contributed by atoms with Gasteiger partial charge in [-0.15, -0.1) is 0 Å². The Morgan fingerprint density at radius 2 is 2.06 bits per heavy atom. The lowest BCUT2D eigenvalue weighted by Crippen LogP contribution is -2.36. The second-order valence-electron chi connectivity index (χ2n) is 5.48. The molecule has 1 unspecified atom stereocenters. The van der Waals surface area contributed by atoms with Crippen molar-refractivity contribution in [3.8, 4) is 0 Å². The monoisotopic (exact) mass is 221 g/mol. The zero-order valence-electron chi connectivity index (χ0n) is 10.8. The van der Waals surface area contributed by atoms with Crippen LogP contribution in [0.2, 0.25) is 0 Å². The van der Waals surface area contributed by atoms with Gasteiger partial charge in [-0.2, -0.15) is 0 Å². The first kappa shape index (κ1) is 13.1. The molecule has 0 radical (unpaired) electrons. The Morgan fingerprint density at radius 3 is 2.50 bits per heavy atom. The molecule has 3 heteroatoms. The molecule has 0 saturated heterocycles. The third-order valence-corrected chi connectivity index (χ3v) is 2.51. The predicted molar refractivity (Wildman–Crippen MR) is 68.1 cm³/mol. The Kier molecular flexibility index (Phi) is 4.44. The molecule has 0 bridgehead atoms. The molecule has 0 aliphatic carbocycles. The van der Waals surface area contributed by atoms with Crippen molar-refractivity contribution < 1.29 is 0 Å². The molecule has 0 aliphatic heterocycles. The number of rotatable bonds is 4. The van der Waals surface area contributed by atoms with E-state index in [-0.39, 0.29) is 11.5 Å². The Labute approximate surface area is 98.7 Å². The predicted octanol–water partition coefficient (Wildman–Crippen LogP) is 2.06. The number of pyridine rings is 1. The maximum atomic E-state index is 5.84. The van der Waals surface area contributed by atoms with Crippen LogP contribution in [0.5, 0.6) is 0 Å². The summed E-state index contributed by atoms with van der Waals surface area (Å²) in [5.74, 6) is 0. The van der Waals surface area contributed by atoms with Crippen molar-refractivity contribution >= 4 is 0 Å². The van der Waals surface area contributed by atoms with Crippen LogP contribution in [0.4, 0.5) is 0 Å². The molecule has 1 rings (SSSR count). The van der Waals surface area contributed by atoms with Crippen LogP contribution < -0.4 is 5.73 Å². The zero-order chi connectivity index (χ0) is 12.2. The van der Waals surface area contributed by atoms with Gasteiger partial charge in [0.25, 0.3) is 0 Å². The van der Waals surface area contributed by atoms with Crippen molar-refractivity contribution in [2.75, 3.05) is 20.1 Å². The average Bonchev–Trinajstić information content (AvgIpc) is 2.17. The van der Waals surface area contributed by atoms with Gasteiger partial charge in [-0.25, -0.2) is 0 Å². The van der Waals surface area contributed by atoms with Gasteiger partial charge in [0.15, 0.2) is 0 Å². The van der Waals surface area contributed by atoms with Crippen LogP contribution >= 0.6 is 0 Å². The molecule has 0 saturated carbocycles. The van der Waals surface area contributed by atoms with Gasteiger partial charge in [0.05, 0.1) is 11.7 Å². The maximum Gasteiger partial charge on any atom is 0.0642 e. The van der Waals surface area contributed by atoms with Gasteiger partial charge < -0.3 is 5.73 Å². The minimum atomic E-state index is 0.209. The quantitative estimate of drug-likeness (QED) is 0.846. The normalized spacial score (nSPS) is 14.1. The van der Waals surface area contributed by atoms with E-state index in [1.54, 1.807) is 0 Å². The minimum absolute atomic E-state index is 0.209. The molecule has 0 spiro atoms. The van der Waals surface area contributed by atoms with Crippen LogP contribution in [0.25, 0.3) is 0 Å². The highest BCUT2D eigenvalue weighted by Gasteiger charge is 2.21. The minimum Gasteiger partial charge on any atom is -0.329 e. The van der Waals surface area contributed by atoms with E-state index in [0.717, 1.165) is 12.2 Å². The van der Waals surface area contributed by atoms with Gasteiger partial charge in [0.2, 0.25) is 0 Å². The lowest BCUT2D eigenvalue weighted by molar-refractivity contribution is 0.173. The molecule has 2 N–H and O–H groups in total. The fourth-order valence-electron chi connectivity index (χ4n) is 1.96. The van der Waals surface area contributed by atoms with E-state index in [1.807, 2.05) is 24.4 Å². The average molecular weight is 221 g/mol. The van der Waals surface area contributed by atoms with Crippen molar-refractivity contribution in [2.45, 2.75) is 26.8 Å². The summed E-state index contributed by atoms with van der Waals surface area (Å²) in [5.41, 5.74) is 7.17. The topological polar surface area (TPSA) is 42.1 Å². The standard InChI is InChI=1S/C13H23N3/c1-13(2,3)10-16(4)12(9-14)11-7-5-6-8-15-11/h5-8,12H,9-10,14H2,1-4H3. The number of aromatic nitrogens is 1. The molecule has 0 aromatic carbocycles. The van der Waals surface area contributed by atoms with Crippen LogP contribution in [0.1, 0.15) is 32.5 Å². The van der Waals surface area contributed by atoms with E-state index in [4.69, 9.17) is 5.73 Å². The molecule has 0 fully saturated rings. The molecule has 3 nitrogen and oxygen atoms in total. The van der Waals surface area contributed by atoms with E-state index in [9.17, 15) is 0 Å². The fourth-order valence-corrected chi connectivity index (χ4v) is 1.96. The van der Waals surface area contributed by atoms with Crippen molar-refractivity contribution in [3.05, 3.63) is 30.1 Å². The Bertz CT molecular complexity index is 303. The summed E-state index contributed by atoms with van der Waals surface area (Å²) in [7, 11) is 2.11. The van der Waals surface area contributed by atoms with E-state index in [0.29, 0.717) is 6.54 Å². The van der Waals surface area contributed by atoms with Gasteiger partial charge in [0.1, 0.15) is 0 Å². The molecule has 0 amide bonds. The third-order valence-electron chi connectivity index (χ3n) is 2.51. The van der Waals surface area contributed by atoms with Crippen molar-refractivity contribution in [3.63, 3.8) is 0 Å². The lowest BCUT2D eigenvalue weighted by Gasteiger charge is -2.32. The van der Waals surface area contributed by atoms with Crippen LogP contribution in [0.3, 0.4) is 0 Å². The summed E-state index contributed by atoms with van der Waals surface area (Å²) in [6, 6.07) is 6.19. The zero-order valence-corrected chi connectivity index (χ0v) is 10.8.